The summed E-state index contributed by atoms with van der Waals surface area (Å²) in [7, 11) is -8.39. The Balaban J connectivity index is 3.46. The van der Waals surface area contributed by atoms with Crippen LogP contribution in [-0.2, 0) is 34.3 Å². The van der Waals surface area contributed by atoms with Crippen LogP contribution in [0.4, 0.5) is 14.4 Å². The van der Waals surface area contributed by atoms with Crippen molar-refractivity contribution < 1.29 is 45.4 Å². The lowest BCUT2D eigenvalue weighted by Crippen LogP contribution is -2.68. The molecule has 0 saturated carbocycles. The van der Waals surface area contributed by atoms with Crippen LogP contribution >= 0.6 is 0 Å². The summed E-state index contributed by atoms with van der Waals surface area (Å²) >= 11 is 0. The molecule has 1 aliphatic rings. The molecule has 0 unspecified atom stereocenters. The van der Waals surface area contributed by atoms with Gasteiger partial charge in [0.15, 0.2) is 0 Å². The van der Waals surface area contributed by atoms with E-state index in [1.807, 2.05) is 0 Å². The van der Waals surface area contributed by atoms with Crippen LogP contribution < -0.4 is 0 Å². The summed E-state index contributed by atoms with van der Waals surface area (Å²) in [5.74, 6) is 0. The molecule has 13 nitrogen and oxygen atoms in total. The highest BCUT2D eigenvalue weighted by atomic mass is 32.2. The molecule has 0 aromatic heterocycles. The smallest absolute Gasteiger partial charge is 0.424 e. The van der Waals surface area contributed by atoms with Crippen LogP contribution in [0.15, 0.2) is 0 Å². The molecule has 1 heterocycles. The lowest BCUT2D eigenvalue weighted by Gasteiger charge is -2.52. The average molecular weight is 572 g/mol. The minimum atomic E-state index is -4.19. The normalized spacial score (nSPS) is 16.4. The van der Waals surface area contributed by atoms with Crippen molar-refractivity contribution in [1.29, 1.82) is 0 Å². The van der Waals surface area contributed by atoms with Crippen molar-refractivity contribution in [2.24, 2.45) is 5.41 Å². The molecule has 3 amide bonds. The summed E-state index contributed by atoms with van der Waals surface area (Å²) in [5, 5.41) is 0. The second kappa shape index (κ2) is 10.5. The van der Waals surface area contributed by atoms with Crippen molar-refractivity contribution in [3.8, 4) is 0 Å². The van der Waals surface area contributed by atoms with Crippen molar-refractivity contribution in [3.05, 3.63) is 0 Å². The molecule has 1 saturated heterocycles. The van der Waals surface area contributed by atoms with E-state index in [0.717, 1.165) is 12.5 Å². The monoisotopic (exact) mass is 571 g/mol. The Hall–Kier alpha value is -2.29. The zero-order chi connectivity index (χ0) is 29.4. The van der Waals surface area contributed by atoms with E-state index in [4.69, 9.17) is 14.2 Å². The van der Waals surface area contributed by atoms with Crippen molar-refractivity contribution in [1.82, 2.24) is 13.5 Å². The second-order valence-corrected chi connectivity index (χ2v) is 16.1. The number of carbonyl (C=O) groups is 3. The number of sulfonamides is 2. The van der Waals surface area contributed by atoms with Crippen molar-refractivity contribution >= 4 is 38.3 Å². The van der Waals surface area contributed by atoms with Gasteiger partial charge >= 0.3 is 18.3 Å². The molecule has 1 fully saturated rings. The molecule has 0 aliphatic carbocycles. The maximum absolute atomic E-state index is 12.8. The summed E-state index contributed by atoms with van der Waals surface area (Å²) in [6.07, 6.45) is -1.45. The van der Waals surface area contributed by atoms with E-state index in [0.29, 0.717) is 8.61 Å². The molecule has 0 spiro atoms. The Bertz CT molecular complexity index is 1020. The number of hydrogen-bond acceptors (Lipinski definition) is 10. The van der Waals surface area contributed by atoms with E-state index >= 15 is 0 Å². The average Bonchev–Trinajstić information content (AvgIpc) is 2.52. The maximum Gasteiger partial charge on any atom is 0.424 e. The summed E-state index contributed by atoms with van der Waals surface area (Å²) in [6, 6.07) is 0. The second-order valence-electron chi connectivity index (χ2n) is 12.3. The summed E-state index contributed by atoms with van der Waals surface area (Å²) < 4.78 is 67.1. The topological polar surface area (TPSA) is 157 Å². The van der Waals surface area contributed by atoms with Gasteiger partial charge in [0.1, 0.15) is 16.8 Å². The molecule has 0 N–H and O–H groups in total. The quantitative estimate of drug-likeness (QED) is 0.434. The summed E-state index contributed by atoms with van der Waals surface area (Å²) in [4.78, 5) is 39.5. The fourth-order valence-electron chi connectivity index (χ4n) is 3.34. The van der Waals surface area contributed by atoms with Gasteiger partial charge in [-0.1, -0.05) is 0 Å². The van der Waals surface area contributed by atoms with E-state index in [1.54, 1.807) is 62.3 Å². The van der Waals surface area contributed by atoms with Crippen LogP contribution in [0.3, 0.4) is 0 Å². The minimum Gasteiger partial charge on any atom is -0.444 e. The molecule has 0 aromatic carbocycles. The van der Waals surface area contributed by atoms with Gasteiger partial charge in [-0.15, -0.1) is 0 Å². The van der Waals surface area contributed by atoms with Crippen LogP contribution in [0.5, 0.6) is 0 Å². The molecule has 1 aliphatic heterocycles. The third-order valence-corrected chi connectivity index (χ3v) is 6.81. The van der Waals surface area contributed by atoms with Gasteiger partial charge in [-0.3, -0.25) is 0 Å². The SMILES string of the molecule is CC(C)(C)OC(=O)N1CC(CN(C(=O)OC(C)(C)C)S(C)(=O)=O)(CN(C(=O)OC(C)(C)C)S(C)(=O)=O)C1. The van der Waals surface area contributed by atoms with E-state index < -0.39 is 73.6 Å². The van der Waals surface area contributed by atoms with Crippen LogP contribution in [0.2, 0.25) is 0 Å². The lowest BCUT2D eigenvalue weighted by molar-refractivity contribution is -0.0483. The first-order valence-electron chi connectivity index (χ1n) is 11.5. The number of ether oxygens (including phenoxy) is 3. The van der Waals surface area contributed by atoms with Gasteiger partial charge in [0.25, 0.3) is 0 Å². The van der Waals surface area contributed by atoms with Gasteiger partial charge in [0, 0.05) is 18.5 Å². The molecule has 0 radical (unpaired) electrons. The predicted molar refractivity (Wildman–Crippen MR) is 136 cm³/mol. The van der Waals surface area contributed by atoms with E-state index in [-0.39, 0.29) is 13.1 Å². The van der Waals surface area contributed by atoms with E-state index in [9.17, 15) is 31.2 Å². The number of carbonyl (C=O) groups excluding carboxylic acids is 3. The van der Waals surface area contributed by atoms with Gasteiger partial charge < -0.3 is 19.1 Å². The number of amides is 3. The van der Waals surface area contributed by atoms with Gasteiger partial charge in [-0.2, -0.15) is 0 Å². The minimum absolute atomic E-state index is 0.203. The first kappa shape index (κ1) is 32.7. The number of nitrogens with zero attached hydrogens (tertiary/aromatic N) is 3. The molecule has 0 atom stereocenters. The van der Waals surface area contributed by atoms with Gasteiger partial charge in [0.2, 0.25) is 20.0 Å². The van der Waals surface area contributed by atoms with Crippen molar-refractivity contribution in [3.63, 3.8) is 0 Å². The van der Waals surface area contributed by atoms with Crippen LogP contribution in [0.1, 0.15) is 62.3 Å². The lowest BCUT2D eigenvalue weighted by atomic mass is 9.79. The first-order valence-corrected chi connectivity index (χ1v) is 15.2. The Labute approximate surface area is 220 Å². The predicted octanol–water partition coefficient (Wildman–Crippen LogP) is 2.62. The Morgan fingerprint density at radius 2 is 0.973 bits per heavy atom. The molecule has 0 aromatic rings. The highest BCUT2D eigenvalue weighted by molar-refractivity contribution is 7.89. The zero-order valence-electron chi connectivity index (χ0n) is 23.6. The summed E-state index contributed by atoms with van der Waals surface area (Å²) in [6.45, 7) is 12.8. The van der Waals surface area contributed by atoms with Crippen LogP contribution in [0.25, 0.3) is 0 Å². The molecule has 15 heteroatoms. The number of hydrogen-bond donors (Lipinski definition) is 0. The van der Waals surface area contributed by atoms with Gasteiger partial charge in [0.05, 0.1) is 25.6 Å². The fourth-order valence-corrected chi connectivity index (χ4v) is 4.97. The third kappa shape index (κ3) is 10.5. The van der Waals surface area contributed by atoms with Crippen LogP contribution in [-0.4, -0.2) is 104 Å². The fraction of sp³-hybridized carbons (Fsp3) is 0.864. The molecule has 1 rings (SSSR count). The zero-order valence-corrected chi connectivity index (χ0v) is 25.2. The number of rotatable bonds is 6. The third-order valence-electron chi connectivity index (χ3n) is 4.66. The van der Waals surface area contributed by atoms with Gasteiger partial charge in [-0.25, -0.2) is 39.8 Å². The van der Waals surface area contributed by atoms with E-state index in [2.05, 4.69) is 0 Å². The molecule has 37 heavy (non-hydrogen) atoms. The number of likely N-dealkylation sites (tertiary alicyclic amines) is 1. The Kier molecular flexibility index (Phi) is 9.26. The highest BCUT2D eigenvalue weighted by Crippen LogP contribution is 2.36. The largest absolute Gasteiger partial charge is 0.444 e. The first-order chi connectivity index (χ1) is 16.1. The van der Waals surface area contributed by atoms with Gasteiger partial charge in [-0.05, 0) is 62.3 Å². The maximum atomic E-state index is 12.8. The van der Waals surface area contributed by atoms with Crippen molar-refractivity contribution in [2.45, 2.75) is 79.1 Å². The van der Waals surface area contributed by atoms with Crippen LogP contribution in [0, 0.1) is 5.41 Å². The Morgan fingerprint density at radius 1 is 0.676 bits per heavy atom. The molecule has 216 valence electrons. The van der Waals surface area contributed by atoms with E-state index in [1.165, 1.54) is 4.90 Å². The van der Waals surface area contributed by atoms with Crippen molar-refractivity contribution in [2.75, 3.05) is 38.7 Å². The standard InChI is InChI=1S/C22H41N3O10S2/c1-19(2,3)33-16(26)23-12-22(13-23,14-24(36(10,29)30)17(27)34-20(4,5)6)15-25(37(11,31)32)18(28)35-21(7,8)9/h12-15H2,1-11H3. The molecular weight excluding hydrogens is 530 g/mol. The molecular formula is C22H41N3O10S2. The Morgan fingerprint density at radius 3 is 1.22 bits per heavy atom. The highest BCUT2D eigenvalue weighted by Gasteiger charge is 2.53. The summed E-state index contributed by atoms with van der Waals surface area (Å²) in [5.41, 5.74) is -4.23. The molecule has 0 bridgehead atoms.